The van der Waals surface area contributed by atoms with Gasteiger partial charge in [-0.15, -0.1) is 0 Å². The van der Waals surface area contributed by atoms with E-state index in [0.717, 1.165) is 23.7 Å². The van der Waals surface area contributed by atoms with Crippen LogP contribution in [0, 0.1) is 38.5 Å². The molecule has 4 rings (SSSR count). The highest BCUT2D eigenvalue weighted by Crippen LogP contribution is 2.49. The maximum atomic E-state index is 12.6. The predicted octanol–water partition coefficient (Wildman–Crippen LogP) is 3.94. The standard InChI is InChI=1S/C21H26N2O4/c1-12-6-18(14(3)23(12)20-7-13(2)27-22-20)19(24)11-26-21(25)10-17-9-15-4-5-16(17)8-15/h6-7,15-17H,4-5,8-11H2,1-3H3/t15-,16+,17+/m0/s1. The third-order valence-electron chi connectivity index (χ3n) is 6.25. The summed E-state index contributed by atoms with van der Waals surface area (Å²) in [6.07, 6.45) is 5.42. The van der Waals surface area contributed by atoms with E-state index in [9.17, 15) is 9.59 Å². The van der Waals surface area contributed by atoms with Crippen LogP contribution in [-0.4, -0.2) is 28.1 Å². The number of hydrogen-bond acceptors (Lipinski definition) is 5. The molecular formula is C21H26N2O4. The van der Waals surface area contributed by atoms with Gasteiger partial charge in [-0.05, 0) is 63.9 Å². The largest absolute Gasteiger partial charge is 0.457 e. The molecular weight excluding hydrogens is 344 g/mol. The molecule has 2 fully saturated rings. The van der Waals surface area contributed by atoms with Crippen LogP contribution in [0.5, 0.6) is 0 Å². The zero-order valence-corrected chi connectivity index (χ0v) is 16.2. The van der Waals surface area contributed by atoms with Gasteiger partial charge in [0.2, 0.25) is 5.78 Å². The number of carbonyl (C=O) groups excluding carboxylic acids is 2. The lowest BCUT2D eigenvalue weighted by Gasteiger charge is -2.20. The van der Waals surface area contributed by atoms with Crippen molar-refractivity contribution >= 4 is 11.8 Å². The van der Waals surface area contributed by atoms with Gasteiger partial charge < -0.3 is 9.26 Å². The minimum absolute atomic E-state index is 0.184. The van der Waals surface area contributed by atoms with Crippen molar-refractivity contribution in [2.45, 2.75) is 52.9 Å². The maximum Gasteiger partial charge on any atom is 0.306 e. The molecule has 144 valence electrons. The van der Waals surface area contributed by atoms with E-state index < -0.39 is 0 Å². The average Bonchev–Trinajstić information content (AvgIpc) is 3.38. The van der Waals surface area contributed by atoms with Crippen LogP contribution >= 0.6 is 0 Å². The van der Waals surface area contributed by atoms with Crippen LogP contribution in [0.2, 0.25) is 0 Å². The zero-order chi connectivity index (χ0) is 19.1. The molecule has 6 nitrogen and oxygen atoms in total. The lowest BCUT2D eigenvalue weighted by atomic mass is 9.86. The normalized spacial score (nSPS) is 23.7. The van der Waals surface area contributed by atoms with Crippen LogP contribution in [-0.2, 0) is 9.53 Å². The second kappa shape index (κ2) is 6.98. The van der Waals surface area contributed by atoms with Crippen LogP contribution in [0.25, 0.3) is 5.82 Å². The van der Waals surface area contributed by atoms with Crippen molar-refractivity contribution in [1.82, 2.24) is 9.72 Å². The summed E-state index contributed by atoms with van der Waals surface area (Å²) in [6, 6.07) is 3.63. The summed E-state index contributed by atoms with van der Waals surface area (Å²) in [5.74, 6) is 2.86. The Hall–Kier alpha value is -2.37. The van der Waals surface area contributed by atoms with Gasteiger partial charge in [-0.2, -0.15) is 0 Å². The van der Waals surface area contributed by atoms with Crippen molar-refractivity contribution in [3.8, 4) is 5.82 Å². The lowest BCUT2D eigenvalue weighted by molar-refractivity contribution is -0.144. The number of aryl methyl sites for hydroxylation is 2. The Morgan fingerprint density at radius 3 is 2.67 bits per heavy atom. The first-order chi connectivity index (χ1) is 12.9. The van der Waals surface area contributed by atoms with E-state index in [-0.39, 0.29) is 18.4 Å². The first-order valence-corrected chi connectivity index (χ1v) is 9.74. The fourth-order valence-corrected chi connectivity index (χ4v) is 4.98. The van der Waals surface area contributed by atoms with Crippen LogP contribution in [0.1, 0.15) is 59.6 Å². The lowest BCUT2D eigenvalue weighted by Crippen LogP contribution is -2.20. The Balaban J connectivity index is 1.38. The molecule has 2 aliphatic rings. The molecule has 27 heavy (non-hydrogen) atoms. The molecule has 0 radical (unpaired) electrons. The number of carbonyl (C=O) groups is 2. The summed E-state index contributed by atoms with van der Waals surface area (Å²) in [6.45, 7) is 5.39. The molecule has 0 spiro atoms. The molecule has 3 atom stereocenters. The van der Waals surface area contributed by atoms with Gasteiger partial charge in [0, 0.05) is 29.4 Å². The van der Waals surface area contributed by atoms with E-state index >= 15 is 0 Å². The van der Waals surface area contributed by atoms with Crippen molar-refractivity contribution in [3.63, 3.8) is 0 Å². The number of hydrogen-bond donors (Lipinski definition) is 0. The first-order valence-electron chi connectivity index (χ1n) is 9.74. The number of rotatable bonds is 6. The van der Waals surface area contributed by atoms with Gasteiger partial charge >= 0.3 is 5.97 Å². The molecule has 0 unspecified atom stereocenters. The Kier molecular flexibility index (Phi) is 4.66. The van der Waals surface area contributed by atoms with Crippen LogP contribution in [0.4, 0.5) is 0 Å². The van der Waals surface area contributed by atoms with Gasteiger partial charge in [-0.3, -0.25) is 14.2 Å². The molecule has 0 aliphatic heterocycles. The van der Waals surface area contributed by atoms with E-state index in [4.69, 9.17) is 9.26 Å². The van der Waals surface area contributed by atoms with Crippen molar-refractivity contribution in [3.05, 3.63) is 34.8 Å². The second-order valence-electron chi connectivity index (χ2n) is 8.14. The summed E-state index contributed by atoms with van der Waals surface area (Å²) < 4.78 is 12.3. The molecule has 2 heterocycles. The van der Waals surface area contributed by atoms with Gasteiger partial charge in [0.25, 0.3) is 0 Å². The summed E-state index contributed by atoms with van der Waals surface area (Å²) in [5.41, 5.74) is 2.22. The molecule has 2 aliphatic carbocycles. The quantitative estimate of drug-likeness (QED) is 0.569. The van der Waals surface area contributed by atoms with E-state index in [1.807, 2.05) is 37.5 Å². The second-order valence-corrected chi connectivity index (χ2v) is 8.14. The zero-order valence-electron chi connectivity index (χ0n) is 16.2. The first kappa shape index (κ1) is 18.0. The minimum atomic E-state index is -0.248. The van der Waals surface area contributed by atoms with Gasteiger partial charge in [-0.25, -0.2) is 0 Å². The number of aromatic nitrogens is 2. The average molecular weight is 370 g/mol. The SMILES string of the molecule is Cc1cc(-n2c(C)cc(C(=O)COC(=O)C[C@H]3C[C@H]4CC[C@@H]3C4)c2C)no1. The van der Waals surface area contributed by atoms with E-state index in [1.54, 1.807) is 0 Å². The highest BCUT2D eigenvalue weighted by Gasteiger charge is 2.40. The minimum Gasteiger partial charge on any atom is -0.457 e. The molecule has 0 N–H and O–H groups in total. The van der Waals surface area contributed by atoms with Gasteiger partial charge in [0.1, 0.15) is 5.76 Å². The topological polar surface area (TPSA) is 74.3 Å². The molecule has 2 aromatic rings. The van der Waals surface area contributed by atoms with Crippen molar-refractivity contribution in [2.24, 2.45) is 17.8 Å². The van der Waals surface area contributed by atoms with Crippen LogP contribution < -0.4 is 0 Å². The van der Waals surface area contributed by atoms with E-state index in [2.05, 4.69) is 5.16 Å². The van der Waals surface area contributed by atoms with Gasteiger partial charge in [0.15, 0.2) is 12.4 Å². The predicted molar refractivity (Wildman–Crippen MR) is 98.9 cm³/mol. The Bertz CT molecular complexity index is 879. The number of ether oxygens (including phenoxy) is 1. The molecule has 2 aromatic heterocycles. The fraction of sp³-hybridized carbons (Fsp3) is 0.571. The molecule has 0 amide bonds. The van der Waals surface area contributed by atoms with E-state index in [1.165, 1.54) is 19.3 Å². The Morgan fingerprint density at radius 1 is 1.22 bits per heavy atom. The molecule has 6 heteroatoms. The smallest absolute Gasteiger partial charge is 0.306 e. The Morgan fingerprint density at radius 2 is 2.04 bits per heavy atom. The highest BCUT2D eigenvalue weighted by molar-refractivity contribution is 5.99. The maximum absolute atomic E-state index is 12.6. The Labute approximate surface area is 158 Å². The third-order valence-corrected chi connectivity index (χ3v) is 6.25. The number of nitrogens with zero attached hydrogens (tertiary/aromatic N) is 2. The molecule has 2 bridgehead atoms. The number of esters is 1. The highest BCUT2D eigenvalue weighted by atomic mass is 16.5. The molecule has 0 aromatic carbocycles. The summed E-state index contributed by atoms with van der Waals surface area (Å²) in [5, 5.41) is 4.02. The van der Waals surface area contributed by atoms with Gasteiger partial charge in [-0.1, -0.05) is 11.6 Å². The van der Waals surface area contributed by atoms with E-state index in [0.29, 0.717) is 35.4 Å². The fourth-order valence-electron chi connectivity index (χ4n) is 4.98. The number of Topliss-reactive ketones (excluding diaryl/α,β-unsaturated/α-hetero) is 1. The van der Waals surface area contributed by atoms with Crippen molar-refractivity contribution < 1.29 is 18.8 Å². The molecule has 2 saturated carbocycles. The third kappa shape index (κ3) is 3.45. The molecule has 0 saturated heterocycles. The number of ketones is 1. The number of fused-ring (bicyclic) bond motifs is 2. The summed E-state index contributed by atoms with van der Waals surface area (Å²) in [7, 11) is 0. The summed E-state index contributed by atoms with van der Waals surface area (Å²) >= 11 is 0. The van der Waals surface area contributed by atoms with Crippen LogP contribution in [0.15, 0.2) is 16.7 Å². The van der Waals surface area contributed by atoms with Crippen molar-refractivity contribution in [2.75, 3.05) is 6.61 Å². The van der Waals surface area contributed by atoms with Crippen molar-refractivity contribution in [1.29, 1.82) is 0 Å². The monoisotopic (exact) mass is 370 g/mol. The van der Waals surface area contributed by atoms with Crippen LogP contribution in [0.3, 0.4) is 0 Å². The summed E-state index contributed by atoms with van der Waals surface area (Å²) in [4.78, 5) is 24.8. The van der Waals surface area contributed by atoms with Gasteiger partial charge in [0.05, 0.1) is 0 Å².